The standard InChI is InChI=1S/C19H15ClN2O2S/c1-11-17(25-19(21-11)13-6-8-15(20)9-7-13)18(24)22-16-5-3-4-14(10-16)12(2)23/h3-10H,1-2H3,(H,22,24). The molecule has 1 amide bonds. The van der Waals surface area contributed by atoms with Crippen molar-refractivity contribution in [1.82, 2.24) is 4.98 Å². The van der Waals surface area contributed by atoms with Gasteiger partial charge in [-0.3, -0.25) is 9.59 Å². The maximum atomic E-state index is 12.6. The quantitative estimate of drug-likeness (QED) is 0.640. The molecule has 1 heterocycles. The van der Waals surface area contributed by atoms with E-state index in [4.69, 9.17) is 11.6 Å². The average molecular weight is 371 g/mol. The van der Waals surface area contributed by atoms with E-state index >= 15 is 0 Å². The number of ketones is 1. The summed E-state index contributed by atoms with van der Waals surface area (Å²) >= 11 is 7.23. The first-order valence-corrected chi connectivity index (χ1v) is 8.79. The molecule has 126 valence electrons. The van der Waals surface area contributed by atoms with E-state index in [9.17, 15) is 9.59 Å². The van der Waals surface area contributed by atoms with Crippen LogP contribution in [0.25, 0.3) is 10.6 Å². The van der Waals surface area contributed by atoms with E-state index in [1.165, 1.54) is 18.3 Å². The Kier molecular flexibility index (Phi) is 4.97. The van der Waals surface area contributed by atoms with Crippen LogP contribution >= 0.6 is 22.9 Å². The summed E-state index contributed by atoms with van der Waals surface area (Å²) in [5.41, 5.74) is 2.71. The number of thiazole rings is 1. The summed E-state index contributed by atoms with van der Waals surface area (Å²) in [5, 5.41) is 4.24. The molecule has 3 rings (SSSR count). The van der Waals surface area contributed by atoms with Crippen molar-refractivity contribution in [2.75, 3.05) is 5.32 Å². The van der Waals surface area contributed by atoms with Crippen LogP contribution in [-0.4, -0.2) is 16.7 Å². The van der Waals surface area contributed by atoms with Gasteiger partial charge in [-0.2, -0.15) is 0 Å². The fraction of sp³-hybridized carbons (Fsp3) is 0.105. The first-order chi connectivity index (χ1) is 11.9. The van der Waals surface area contributed by atoms with E-state index in [0.29, 0.717) is 26.8 Å². The maximum absolute atomic E-state index is 12.6. The zero-order valence-electron chi connectivity index (χ0n) is 13.7. The highest BCUT2D eigenvalue weighted by Crippen LogP contribution is 2.29. The second-order valence-electron chi connectivity index (χ2n) is 5.53. The largest absolute Gasteiger partial charge is 0.321 e. The number of carbonyl (C=O) groups excluding carboxylic acids is 2. The van der Waals surface area contributed by atoms with E-state index in [1.54, 1.807) is 43.3 Å². The van der Waals surface area contributed by atoms with Crippen LogP contribution in [0, 0.1) is 6.92 Å². The Hall–Kier alpha value is -2.50. The smallest absolute Gasteiger partial charge is 0.267 e. The van der Waals surface area contributed by atoms with Crippen molar-refractivity contribution in [1.29, 1.82) is 0 Å². The predicted molar refractivity (Wildman–Crippen MR) is 102 cm³/mol. The van der Waals surface area contributed by atoms with Crippen molar-refractivity contribution >= 4 is 40.3 Å². The van der Waals surface area contributed by atoms with Gasteiger partial charge in [0, 0.05) is 21.8 Å². The molecule has 0 saturated heterocycles. The Morgan fingerprint density at radius 1 is 1.12 bits per heavy atom. The Labute approximate surface area is 154 Å². The monoisotopic (exact) mass is 370 g/mol. The number of anilines is 1. The minimum atomic E-state index is -0.240. The summed E-state index contributed by atoms with van der Waals surface area (Å²) in [6.45, 7) is 3.30. The molecular weight excluding hydrogens is 356 g/mol. The average Bonchev–Trinajstić information content (AvgIpc) is 2.97. The molecule has 0 unspecified atom stereocenters. The third kappa shape index (κ3) is 3.95. The SMILES string of the molecule is CC(=O)c1cccc(NC(=O)c2sc(-c3ccc(Cl)cc3)nc2C)c1. The molecule has 0 spiro atoms. The number of benzene rings is 2. The van der Waals surface area contributed by atoms with Crippen LogP contribution < -0.4 is 5.32 Å². The molecule has 1 N–H and O–H groups in total. The van der Waals surface area contributed by atoms with Gasteiger partial charge in [0.25, 0.3) is 5.91 Å². The number of halogens is 1. The second-order valence-corrected chi connectivity index (χ2v) is 6.97. The molecule has 0 radical (unpaired) electrons. The van der Waals surface area contributed by atoms with Gasteiger partial charge in [0.1, 0.15) is 9.88 Å². The molecule has 3 aromatic rings. The second kappa shape index (κ2) is 7.17. The summed E-state index contributed by atoms with van der Waals surface area (Å²) in [6.07, 6.45) is 0. The first-order valence-electron chi connectivity index (χ1n) is 7.60. The van der Waals surface area contributed by atoms with Gasteiger partial charge < -0.3 is 5.32 Å². The van der Waals surface area contributed by atoms with Crippen molar-refractivity contribution in [3.8, 4) is 10.6 Å². The fourth-order valence-electron chi connectivity index (χ4n) is 2.33. The van der Waals surface area contributed by atoms with Crippen molar-refractivity contribution in [3.05, 3.63) is 69.7 Å². The minimum Gasteiger partial charge on any atom is -0.321 e. The minimum absolute atomic E-state index is 0.0462. The molecule has 2 aromatic carbocycles. The molecule has 0 saturated carbocycles. The number of aromatic nitrogens is 1. The van der Waals surface area contributed by atoms with E-state index in [-0.39, 0.29) is 11.7 Å². The molecule has 25 heavy (non-hydrogen) atoms. The summed E-state index contributed by atoms with van der Waals surface area (Å²) in [5.74, 6) is -0.286. The number of rotatable bonds is 4. The lowest BCUT2D eigenvalue weighted by Crippen LogP contribution is -2.11. The number of Topliss-reactive ketones (excluding diaryl/α,β-unsaturated/α-hetero) is 1. The van der Waals surface area contributed by atoms with Gasteiger partial charge in [-0.25, -0.2) is 4.98 Å². The molecule has 0 bridgehead atoms. The highest BCUT2D eigenvalue weighted by atomic mass is 35.5. The number of carbonyl (C=O) groups is 2. The molecule has 0 fully saturated rings. The zero-order chi connectivity index (χ0) is 18.0. The molecule has 0 atom stereocenters. The van der Waals surface area contributed by atoms with Crippen molar-refractivity contribution in [2.24, 2.45) is 0 Å². The Balaban J connectivity index is 1.84. The van der Waals surface area contributed by atoms with Crippen LogP contribution in [0.3, 0.4) is 0 Å². The Morgan fingerprint density at radius 3 is 2.52 bits per heavy atom. The molecular formula is C19H15ClN2O2S. The topological polar surface area (TPSA) is 59.1 Å². The maximum Gasteiger partial charge on any atom is 0.267 e. The van der Waals surface area contributed by atoms with E-state index in [1.807, 2.05) is 12.1 Å². The number of amides is 1. The molecule has 0 aliphatic rings. The number of nitrogens with zero attached hydrogens (tertiary/aromatic N) is 1. The third-order valence-electron chi connectivity index (χ3n) is 3.62. The van der Waals surface area contributed by atoms with Crippen molar-refractivity contribution in [2.45, 2.75) is 13.8 Å². The molecule has 0 aliphatic heterocycles. The summed E-state index contributed by atoms with van der Waals surface area (Å²) in [6, 6.07) is 14.2. The number of hydrogen-bond acceptors (Lipinski definition) is 4. The van der Waals surface area contributed by atoms with Gasteiger partial charge in [0.15, 0.2) is 5.78 Å². The zero-order valence-corrected chi connectivity index (χ0v) is 15.2. The van der Waals surface area contributed by atoms with E-state index in [0.717, 1.165) is 10.6 Å². The van der Waals surface area contributed by atoms with Crippen molar-refractivity contribution in [3.63, 3.8) is 0 Å². The Bertz CT molecular complexity index is 948. The molecule has 0 aliphatic carbocycles. The van der Waals surface area contributed by atoms with Gasteiger partial charge in [-0.15, -0.1) is 11.3 Å². The fourth-order valence-corrected chi connectivity index (χ4v) is 3.42. The van der Waals surface area contributed by atoms with E-state index in [2.05, 4.69) is 10.3 Å². The van der Waals surface area contributed by atoms with Crippen molar-refractivity contribution < 1.29 is 9.59 Å². The summed E-state index contributed by atoms with van der Waals surface area (Å²) in [4.78, 5) is 29.0. The van der Waals surface area contributed by atoms with Gasteiger partial charge in [-0.1, -0.05) is 35.9 Å². The van der Waals surface area contributed by atoms with Crippen LogP contribution in [0.1, 0.15) is 32.6 Å². The van der Waals surface area contributed by atoms with Gasteiger partial charge >= 0.3 is 0 Å². The van der Waals surface area contributed by atoms with Crippen LogP contribution in [0.2, 0.25) is 5.02 Å². The highest BCUT2D eigenvalue weighted by molar-refractivity contribution is 7.17. The molecule has 4 nitrogen and oxygen atoms in total. The van der Waals surface area contributed by atoms with Gasteiger partial charge in [0.05, 0.1) is 5.69 Å². The van der Waals surface area contributed by atoms with Crippen LogP contribution in [-0.2, 0) is 0 Å². The normalized spacial score (nSPS) is 10.5. The van der Waals surface area contributed by atoms with Crippen LogP contribution in [0.5, 0.6) is 0 Å². The summed E-state index contributed by atoms with van der Waals surface area (Å²) in [7, 11) is 0. The number of nitrogens with one attached hydrogen (secondary N) is 1. The van der Waals surface area contributed by atoms with Crippen LogP contribution in [0.15, 0.2) is 48.5 Å². The molecule has 1 aromatic heterocycles. The Morgan fingerprint density at radius 2 is 1.84 bits per heavy atom. The summed E-state index contributed by atoms with van der Waals surface area (Å²) < 4.78 is 0. The highest BCUT2D eigenvalue weighted by Gasteiger charge is 2.16. The number of hydrogen-bond donors (Lipinski definition) is 1. The lowest BCUT2D eigenvalue weighted by molar-refractivity contribution is 0.101. The predicted octanol–water partition coefficient (Wildman–Crippen LogP) is 5.23. The van der Waals surface area contributed by atoms with Gasteiger partial charge in [-0.05, 0) is 38.1 Å². The van der Waals surface area contributed by atoms with Crippen LogP contribution in [0.4, 0.5) is 5.69 Å². The van der Waals surface area contributed by atoms with E-state index < -0.39 is 0 Å². The first kappa shape index (κ1) is 17.3. The number of aryl methyl sites for hydroxylation is 1. The third-order valence-corrected chi connectivity index (χ3v) is 5.08. The van der Waals surface area contributed by atoms with Gasteiger partial charge in [0.2, 0.25) is 0 Å². The lowest BCUT2D eigenvalue weighted by atomic mass is 10.1. The molecule has 6 heteroatoms. The lowest BCUT2D eigenvalue weighted by Gasteiger charge is -2.05.